The largest absolute Gasteiger partial charge is 0.409 e. The van der Waals surface area contributed by atoms with E-state index in [1.165, 1.54) is 6.20 Å². The van der Waals surface area contributed by atoms with Crippen LogP contribution >= 0.6 is 0 Å². The lowest BCUT2D eigenvalue weighted by atomic mass is 10.1. The van der Waals surface area contributed by atoms with Crippen LogP contribution in [0.4, 0.5) is 0 Å². The molecule has 1 unspecified atom stereocenters. The van der Waals surface area contributed by atoms with Gasteiger partial charge >= 0.3 is 0 Å². The average molecular weight is 270 g/mol. The summed E-state index contributed by atoms with van der Waals surface area (Å²) >= 11 is 0. The van der Waals surface area contributed by atoms with E-state index >= 15 is 0 Å². The zero-order valence-corrected chi connectivity index (χ0v) is 10.6. The molecule has 0 spiro atoms. The molecule has 0 aliphatic carbocycles. The molecule has 0 aliphatic rings. The number of oxime groups is 1. The van der Waals surface area contributed by atoms with Gasteiger partial charge in [0.25, 0.3) is 5.91 Å². The van der Waals surface area contributed by atoms with Crippen molar-refractivity contribution >= 4 is 11.7 Å². The maximum absolute atomic E-state index is 12.1. The molecule has 0 aliphatic heterocycles. The highest BCUT2D eigenvalue weighted by Gasteiger charge is 2.20. The van der Waals surface area contributed by atoms with E-state index in [2.05, 4.69) is 15.5 Å². The number of nitrogens with two attached hydrogens (primary N) is 1. The molecule has 0 radical (unpaired) electrons. The highest BCUT2D eigenvalue weighted by Crippen LogP contribution is 2.13. The van der Waals surface area contributed by atoms with Crippen molar-refractivity contribution in [2.24, 2.45) is 10.9 Å². The van der Waals surface area contributed by atoms with Crippen LogP contribution in [-0.2, 0) is 0 Å². The molecule has 2 rings (SSSR count). The highest BCUT2D eigenvalue weighted by atomic mass is 16.4. The first-order valence-electron chi connectivity index (χ1n) is 5.96. The molecule has 0 saturated carbocycles. The monoisotopic (exact) mass is 270 g/mol. The molecule has 0 saturated heterocycles. The Balaban J connectivity index is 2.24. The summed E-state index contributed by atoms with van der Waals surface area (Å²) < 4.78 is 0. The predicted molar refractivity (Wildman–Crippen MR) is 74.3 cm³/mol. The number of amidine groups is 1. The quantitative estimate of drug-likeness (QED) is 0.337. The van der Waals surface area contributed by atoms with Gasteiger partial charge in [0.2, 0.25) is 0 Å². The summed E-state index contributed by atoms with van der Waals surface area (Å²) in [5, 5.41) is 14.5. The van der Waals surface area contributed by atoms with Gasteiger partial charge < -0.3 is 16.3 Å². The molecule has 0 bridgehead atoms. The molecule has 1 amide bonds. The van der Waals surface area contributed by atoms with Crippen molar-refractivity contribution in [3.05, 3.63) is 66.0 Å². The third kappa shape index (κ3) is 3.11. The number of pyridine rings is 1. The molecule has 2 aromatic rings. The van der Waals surface area contributed by atoms with E-state index < -0.39 is 11.9 Å². The minimum atomic E-state index is -0.712. The van der Waals surface area contributed by atoms with Crippen LogP contribution < -0.4 is 11.1 Å². The van der Waals surface area contributed by atoms with Crippen molar-refractivity contribution in [3.8, 4) is 0 Å². The number of aromatic nitrogens is 1. The number of carbonyl (C=O) groups is 1. The average Bonchev–Trinajstić information content (AvgIpc) is 2.53. The third-order valence-corrected chi connectivity index (χ3v) is 2.72. The molecular formula is C14H14N4O2. The molecule has 1 heterocycles. The van der Waals surface area contributed by atoms with Gasteiger partial charge in [-0.2, -0.15) is 0 Å². The second kappa shape index (κ2) is 6.33. The van der Waals surface area contributed by atoms with Crippen molar-refractivity contribution in [2.45, 2.75) is 6.04 Å². The van der Waals surface area contributed by atoms with E-state index in [-0.39, 0.29) is 11.5 Å². The van der Waals surface area contributed by atoms with Crippen molar-refractivity contribution < 1.29 is 10.0 Å². The second-order valence-corrected chi connectivity index (χ2v) is 4.06. The number of amides is 1. The predicted octanol–water partition coefficient (Wildman–Crippen LogP) is 1.30. The topological polar surface area (TPSA) is 101 Å². The van der Waals surface area contributed by atoms with E-state index in [0.29, 0.717) is 5.56 Å². The first-order chi connectivity index (χ1) is 9.72. The van der Waals surface area contributed by atoms with Gasteiger partial charge in [0.1, 0.15) is 11.7 Å². The molecule has 1 atom stereocenters. The molecule has 4 N–H and O–H groups in total. The van der Waals surface area contributed by atoms with Crippen LogP contribution in [0.5, 0.6) is 0 Å². The highest BCUT2D eigenvalue weighted by molar-refractivity contribution is 5.97. The Morgan fingerprint density at radius 3 is 2.50 bits per heavy atom. The van der Waals surface area contributed by atoms with Crippen LogP contribution in [0.15, 0.2) is 59.9 Å². The van der Waals surface area contributed by atoms with E-state index in [9.17, 15) is 4.79 Å². The minimum absolute atomic E-state index is 0.0968. The summed E-state index contributed by atoms with van der Waals surface area (Å²) in [6, 6.07) is 13.3. The molecule has 6 heteroatoms. The Morgan fingerprint density at radius 2 is 1.90 bits per heavy atom. The van der Waals surface area contributed by atoms with Crippen molar-refractivity contribution in [2.75, 3.05) is 0 Å². The summed E-state index contributed by atoms with van der Waals surface area (Å²) in [4.78, 5) is 16.0. The fourth-order valence-electron chi connectivity index (χ4n) is 1.73. The molecule has 1 aromatic carbocycles. The number of benzene rings is 1. The summed E-state index contributed by atoms with van der Waals surface area (Å²) in [6.45, 7) is 0. The Hall–Kier alpha value is -2.89. The summed E-state index contributed by atoms with van der Waals surface area (Å²) in [5.74, 6) is -0.494. The van der Waals surface area contributed by atoms with E-state index in [4.69, 9.17) is 10.9 Å². The molecule has 1 aromatic heterocycles. The van der Waals surface area contributed by atoms with Gasteiger partial charge in [0.15, 0.2) is 5.84 Å². The molecule has 6 nitrogen and oxygen atoms in total. The number of carbonyl (C=O) groups excluding carboxylic acids is 1. The van der Waals surface area contributed by atoms with Gasteiger partial charge in [-0.25, -0.2) is 0 Å². The summed E-state index contributed by atoms with van der Waals surface area (Å²) in [6.07, 6.45) is 1.52. The zero-order chi connectivity index (χ0) is 14.4. The lowest BCUT2D eigenvalue weighted by Gasteiger charge is -2.17. The first-order valence-corrected chi connectivity index (χ1v) is 5.96. The van der Waals surface area contributed by atoms with Gasteiger partial charge in [-0.05, 0) is 17.7 Å². The smallest absolute Gasteiger partial charge is 0.270 e. The molecule has 20 heavy (non-hydrogen) atoms. The van der Waals surface area contributed by atoms with Crippen molar-refractivity contribution in [1.29, 1.82) is 0 Å². The maximum Gasteiger partial charge on any atom is 0.270 e. The minimum Gasteiger partial charge on any atom is -0.409 e. The Morgan fingerprint density at radius 1 is 1.20 bits per heavy atom. The fraction of sp³-hybridized carbons (Fsp3) is 0.0714. The maximum atomic E-state index is 12.1. The molecule has 102 valence electrons. The van der Waals surface area contributed by atoms with E-state index in [1.807, 2.05) is 6.07 Å². The SMILES string of the molecule is N/C(=N\O)C(NC(=O)c1ccccn1)c1ccccc1. The van der Waals surface area contributed by atoms with Crippen LogP contribution in [-0.4, -0.2) is 21.9 Å². The third-order valence-electron chi connectivity index (χ3n) is 2.72. The summed E-state index contributed by atoms with van der Waals surface area (Å²) in [5.41, 5.74) is 6.62. The van der Waals surface area contributed by atoms with Gasteiger partial charge in [-0.3, -0.25) is 9.78 Å². The van der Waals surface area contributed by atoms with Crippen LogP contribution in [0, 0.1) is 0 Å². The Labute approximate surface area is 115 Å². The summed E-state index contributed by atoms with van der Waals surface area (Å²) in [7, 11) is 0. The standard InChI is InChI=1S/C14H14N4O2/c15-13(18-20)12(10-6-2-1-3-7-10)17-14(19)11-8-4-5-9-16-11/h1-9,12,20H,(H2,15,18)(H,17,19). The Bertz CT molecular complexity index is 599. The molecular weight excluding hydrogens is 256 g/mol. The van der Waals surface area contributed by atoms with Crippen LogP contribution in [0.2, 0.25) is 0 Å². The van der Waals surface area contributed by atoms with Crippen LogP contribution in [0.1, 0.15) is 22.1 Å². The van der Waals surface area contributed by atoms with Gasteiger partial charge in [0, 0.05) is 6.20 Å². The lowest BCUT2D eigenvalue weighted by molar-refractivity contribution is 0.0941. The molecule has 0 fully saturated rings. The van der Waals surface area contributed by atoms with E-state index in [0.717, 1.165) is 0 Å². The fourth-order valence-corrected chi connectivity index (χ4v) is 1.73. The number of hydrogen-bond donors (Lipinski definition) is 3. The van der Waals surface area contributed by atoms with Crippen molar-refractivity contribution in [1.82, 2.24) is 10.3 Å². The van der Waals surface area contributed by atoms with Crippen LogP contribution in [0.3, 0.4) is 0 Å². The number of nitrogens with one attached hydrogen (secondary N) is 1. The van der Waals surface area contributed by atoms with Gasteiger partial charge in [0.05, 0.1) is 0 Å². The number of hydrogen-bond acceptors (Lipinski definition) is 4. The van der Waals surface area contributed by atoms with Gasteiger partial charge in [-0.1, -0.05) is 41.6 Å². The first kappa shape index (κ1) is 13.5. The van der Waals surface area contributed by atoms with Crippen LogP contribution in [0.25, 0.3) is 0 Å². The second-order valence-electron chi connectivity index (χ2n) is 4.06. The van der Waals surface area contributed by atoms with Crippen molar-refractivity contribution in [3.63, 3.8) is 0 Å². The normalized spacial score (nSPS) is 12.7. The van der Waals surface area contributed by atoms with E-state index in [1.54, 1.807) is 42.5 Å². The Kier molecular flexibility index (Phi) is 4.28. The number of rotatable bonds is 4. The van der Waals surface area contributed by atoms with Gasteiger partial charge in [-0.15, -0.1) is 0 Å². The number of nitrogens with zero attached hydrogens (tertiary/aromatic N) is 2. The zero-order valence-electron chi connectivity index (χ0n) is 10.6. The lowest BCUT2D eigenvalue weighted by Crippen LogP contribution is -2.38.